The first kappa shape index (κ1) is 15.0. The van der Waals surface area contributed by atoms with Crippen LogP contribution >= 0.6 is 0 Å². The molecule has 0 radical (unpaired) electrons. The minimum atomic E-state index is -0.342. The van der Waals surface area contributed by atoms with Crippen LogP contribution in [0.15, 0.2) is 24.3 Å². The molecule has 0 heterocycles. The molecule has 2 atom stereocenters. The molecule has 1 aliphatic rings. The molecule has 0 spiro atoms. The first-order valence-corrected chi connectivity index (χ1v) is 7.31. The van der Waals surface area contributed by atoms with Crippen LogP contribution in [-0.4, -0.2) is 18.5 Å². The van der Waals surface area contributed by atoms with Gasteiger partial charge in [-0.1, -0.05) is 19.9 Å². The summed E-state index contributed by atoms with van der Waals surface area (Å²) >= 11 is 0. The van der Waals surface area contributed by atoms with Crippen LogP contribution in [0.5, 0.6) is 0 Å². The second-order valence-electron chi connectivity index (χ2n) is 6.05. The molecule has 1 aliphatic carbocycles. The normalized spacial score (nSPS) is 26.2. The quantitative estimate of drug-likeness (QED) is 0.888. The van der Waals surface area contributed by atoms with E-state index in [1.807, 2.05) is 0 Å². The van der Waals surface area contributed by atoms with Crippen molar-refractivity contribution < 1.29 is 9.18 Å². The van der Waals surface area contributed by atoms with Crippen LogP contribution in [0.1, 0.15) is 33.1 Å². The Morgan fingerprint density at radius 2 is 1.95 bits per heavy atom. The fraction of sp³-hybridized carbons (Fsp3) is 0.562. The van der Waals surface area contributed by atoms with Crippen molar-refractivity contribution in [3.63, 3.8) is 0 Å². The lowest BCUT2D eigenvalue weighted by Gasteiger charge is -2.31. The van der Waals surface area contributed by atoms with Crippen LogP contribution in [0, 0.1) is 17.7 Å². The topological polar surface area (TPSA) is 41.1 Å². The number of nitrogens with one attached hydrogen (secondary N) is 2. The molecule has 1 aromatic carbocycles. The Labute approximate surface area is 120 Å². The molecule has 3 nitrogen and oxygen atoms in total. The fourth-order valence-corrected chi connectivity index (χ4v) is 3.12. The zero-order valence-corrected chi connectivity index (χ0v) is 12.2. The molecule has 20 heavy (non-hydrogen) atoms. The van der Waals surface area contributed by atoms with E-state index in [4.69, 9.17) is 0 Å². The Morgan fingerprint density at radius 3 is 2.60 bits per heavy atom. The summed E-state index contributed by atoms with van der Waals surface area (Å²) in [6, 6.07) is 6.36. The van der Waals surface area contributed by atoms with E-state index in [0.717, 1.165) is 12.8 Å². The Bertz CT molecular complexity index is 454. The van der Waals surface area contributed by atoms with E-state index in [0.29, 0.717) is 23.6 Å². The zero-order chi connectivity index (χ0) is 14.5. The minimum Gasteiger partial charge on any atom is -0.325 e. The second-order valence-corrected chi connectivity index (χ2v) is 6.05. The number of anilines is 1. The third-order valence-corrected chi connectivity index (χ3v) is 3.84. The highest BCUT2D eigenvalue weighted by Crippen LogP contribution is 2.28. The number of rotatable bonds is 4. The Hall–Kier alpha value is -1.42. The van der Waals surface area contributed by atoms with Gasteiger partial charge in [-0.25, -0.2) is 4.39 Å². The highest BCUT2D eigenvalue weighted by molar-refractivity contribution is 5.92. The van der Waals surface area contributed by atoms with Crippen LogP contribution in [-0.2, 0) is 4.79 Å². The van der Waals surface area contributed by atoms with Gasteiger partial charge in [0.2, 0.25) is 5.91 Å². The number of benzene rings is 1. The largest absolute Gasteiger partial charge is 0.325 e. The van der Waals surface area contributed by atoms with Gasteiger partial charge in [-0.2, -0.15) is 0 Å². The molecule has 1 amide bonds. The van der Waals surface area contributed by atoms with Gasteiger partial charge in [-0.15, -0.1) is 0 Å². The van der Waals surface area contributed by atoms with Gasteiger partial charge in [0, 0.05) is 11.7 Å². The van der Waals surface area contributed by atoms with Crippen molar-refractivity contribution in [3.8, 4) is 0 Å². The van der Waals surface area contributed by atoms with Crippen LogP contribution in [0.25, 0.3) is 0 Å². The first-order valence-electron chi connectivity index (χ1n) is 7.31. The van der Waals surface area contributed by atoms with Crippen molar-refractivity contribution in [2.24, 2.45) is 11.8 Å². The second kappa shape index (κ2) is 6.84. The van der Waals surface area contributed by atoms with E-state index in [1.165, 1.54) is 18.6 Å². The molecule has 2 rings (SSSR count). The number of carbonyl (C=O) groups excluding carboxylic acids is 1. The zero-order valence-electron chi connectivity index (χ0n) is 12.2. The van der Waals surface area contributed by atoms with Gasteiger partial charge in [0.15, 0.2) is 0 Å². The molecule has 0 aromatic heterocycles. The van der Waals surface area contributed by atoms with Crippen molar-refractivity contribution in [1.29, 1.82) is 0 Å². The van der Waals surface area contributed by atoms with Gasteiger partial charge in [0.1, 0.15) is 5.82 Å². The summed E-state index contributed by atoms with van der Waals surface area (Å²) < 4.78 is 13.0. The van der Waals surface area contributed by atoms with Crippen molar-refractivity contribution in [2.75, 3.05) is 11.9 Å². The molecule has 4 heteroatoms. The molecular weight excluding hydrogens is 255 g/mol. The van der Waals surface area contributed by atoms with Gasteiger partial charge < -0.3 is 10.6 Å². The minimum absolute atomic E-state index is 0.124. The van der Waals surface area contributed by atoms with Gasteiger partial charge in [0.05, 0.1) is 6.54 Å². The van der Waals surface area contributed by atoms with Gasteiger partial charge in [0.25, 0.3) is 0 Å². The monoisotopic (exact) mass is 278 g/mol. The van der Waals surface area contributed by atoms with E-state index in [2.05, 4.69) is 24.5 Å². The molecule has 0 saturated heterocycles. The van der Waals surface area contributed by atoms with Gasteiger partial charge in [-0.05, 0) is 49.3 Å². The predicted octanol–water partition coefficient (Wildman–Crippen LogP) is 3.18. The number of hydrogen-bond acceptors (Lipinski definition) is 2. The molecule has 0 aliphatic heterocycles. The number of hydrogen-bond donors (Lipinski definition) is 2. The third kappa shape index (κ3) is 4.60. The van der Waals surface area contributed by atoms with E-state index in [1.54, 1.807) is 12.1 Å². The highest BCUT2D eigenvalue weighted by Gasteiger charge is 2.23. The number of carbonyl (C=O) groups is 1. The van der Waals surface area contributed by atoms with E-state index < -0.39 is 0 Å². The van der Waals surface area contributed by atoms with Crippen LogP contribution in [0.2, 0.25) is 0 Å². The molecule has 110 valence electrons. The van der Waals surface area contributed by atoms with Gasteiger partial charge in [-0.3, -0.25) is 4.79 Å². The maximum absolute atomic E-state index is 13.0. The third-order valence-electron chi connectivity index (χ3n) is 3.84. The summed E-state index contributed by atoms with van der Waals surface area (Å²) in [6.07, 6.45) is 3.52. The van der Waals surface area contributed by atoms with Crippen molar-refractivity contribution in [3.05, 3.63) is 30.1 Å². The molecular formula is C16H23FN2O. The standard InChI is InChI=1S/C16H23FN2O/c1-11-6-12(2)8-15(7-11)18-10-16(20)19-14-5-3-4-13(17)9-14/h3-5,9,11-12,15,18H,6-8,10H2,1-2H3,(H,19,20). The summed E-state index contributed by atoms with van der Waals surface area (Å²) in [5, 5.41) is 6.01. The number of amides is 1. The molecule has 2 unspecified atom stereocenters. The number of halogens is 1. The summed E-state index contributed by atoms with van der Waals surface area (Å²) in [6.45, 7) is 4.80. The molecule has 2 N–H and O–H groups in total. The smallest absolute Gasteiger partial charge is 0.238 e. The molecule has 0 bridgehead atoms. The SMILES string of the molecule is CC1CC(C)CC(NCC(=O)Nc2cccc(F)c2)C1. The van der Waals surface area contributed by atoms with Crippen LogP contribution < -0.4 is 10.6 Å². The van der Waals surface area contributed by atoms with Crippen molar-refractivity contribution in [2.45, 2.75) is 39.2 Å². The van der Waals surface area contributed by atoms with E-state index in [9.17, 15) is 9.18 Å². The molecule has 1 fully saturated rings. The van der Waals surface area contributed by atoms with Gasteiger partial charge >= 0.3 is 0 Å². The first-order chi connectivity index (χ1) is 9.52. The molecule has 1 saturated carbocycles. The Morgan fingerprint density at radius 1 is 1.25 bits per heavy atom. The van der Waals surface area contributed by atoms with Crippen LogP contribution in [0.4, 0.5) is 10.1 Å². The van der Waals surface area contributed by atoms with E-state index in [-0.39, 0.29) is 18.3 Å². The van der Waals surface area contributed by atoms with Crippen molar-refractivity contribution in [1.82, 2.24) is 5.32 Å². The summed E-state index contributed by atoms with van der Waals surface area (Å²) in [7, 11) is 0. The van der Waals surface area contributed by atoms with Crippen LogP contribution in [0.3, 0.4) is 0 Å². The summed E-state index contributed by atoms with van der Waals surface area (Å²) in [5.74, 6) is 0.956. The fourth-order valence-electron chi connectivity index (χ4n) is 3.12. The lowest BCUT2D eigenvalue weighted by Crippen LogP contribution is -2.40. The lowest BCUT2D eigenvalue weighted by atomic mass is 9.80. The lowest BCUT2D eigenvalue weighted by molar-refractivity contribution is -0.115. The summed E-state index contributed by atoms with van der Waals surface area (Å²) in [5.41, 5.74) is 0.502. The Kier molecular flexibility index (Phi) is 5.12. The maximum atomic E-state index is 13.0. The predicted molar refractivity (Wildman–Crippen MR) is 79.0 cm³/mol. The summed E-state index contributed by atoms with van der Waals surface area (Å²) in [4.78, 5) is 11.8. The van der Waals surface area contributed by atoms with Crippen molar-refractivity contribution >= 4 is 11.6 Å². The van der Waals surface area contributed by atoms with E-state index >= 15 is 0 Å². The highest BCUT2D eigenvalue weighted by atomic mass is 19.1. The Balaban J connectivity index is 1.77. The average molecular weight is 278 g/mol. The average Bonchev–Trinajstić information content (AvgIpc) is 2.35. The maximum Gasteiger partial charge on any atom is 0.238 e. The molecule has 1 aromatic rings.